The van der Waals surface area contributed by atoms with Crippen molar-refractivity contribution < 1.29 is 9.47 Å². The van der Waals surface area contributed by atoms with E-state index in [1.165, 1.54) is 0 Å². The van der Waals surface area contributed by atoms with Crippen molar-refractivity contribution in [1.82, 2.24) is 15.1 Å². The van der Waals surface area contributed by atoms with Crippen molar-refractivity contribution in [3.8, 4) is 17.2 Å². The van der Waals surface area contributed by atoms with Crippen LogP contribution in [-0.4, -0.2) is 35.5 Å². The average molecular weight is 391 g/mol. The summed E-state index contributed by atoms with van der Waals surface area (Å²) in [7, 11) is 0. The van der Waals surface area contributed by atoms with Crippen LogP contribution in [0.4, 0.5) is 5.69 Å². The van der Waals surface area contributed by atoms with Gasteiger partial charge in [-0.15, -0.1) is 0 Å². The number of fused-ring (bicyclic) bond motifs is 1. The van der Waals surface area contributed by atoms with E-state index in [1.54, 1.807) is 0 Å². The molecule has 1 aromatic heterocycles. The van der Waals surface area contributed by atoms with Gasteiger partial charge in [-0.25, -0.2) is 9.67 Å². The summed E-state index contributed by atoms with van der Waals surface area (Å²) in [4.78, 5) is 4.66. The summed E-state index contributed by atoms with van der Waals surface area (Å²) < 4.78 is 13.3. The molecule has 0 amide bonds. The fraction of sp³-hybridized carbons (Fsp3) is 0.273. The van der Waals surface area contributed by atoms with Crippen molar-refractivity contribution in [2.75, 3.05) is 25.1 Å². The van der Waals surface area contributed by atoms with Crippen molar-refractivity contribution in [3.05, 3.63) is 66.5 Å². The molecule has 0 fully saturated rings. The summed E-state index contributed by atoms with van der Waals surface area (Å²) in [5.74, 6) is 2.22. The number of benzene rings is 2. The molecule has 0 saturated heterocycles. The molecule has 2 N–H and O–H groups in total. The minimum atomic E-state index is 0.472. The predicted octanol–water partition coefficient (Wildman–Crippen LogP) is 3.61. The molecule has 0 saturated carbocycles. The van der Waals surface area contributed by atoms with Crippen molar-refractivity contribution in [2.45, 2.75) is 19.9 Å². The first kappa shape index (κ1) is 18.9. The Labute approximate surface area is 170 Å². The zero-order valence-electron chi connectivity index (χ0n) is 16.5. The van der Waals surface area contributed by atoms with Gasteiger partial charge in [0.2, 0.25) is 0 Å². The molecule has 0 aliphatic carbocycles. The Bertz CT molecular complexity index is 968. The molecule has 1 aliphatic heterocycles. The van der Waals surface area contributed by atoms with E-state index in [0.717, 1.165) is 41.5 Å². The first-order chi connectivity index (χ1) is 14.3. The third kappa shape index (κ3) is 4.87. The molecule has 0 atom stereocenters. The van der Waals surface area contributed by atoms with Crippen molar-refractivity contribution in [3.63, 3.8) is 0 Å². The van der Waals surface area contributed by atoms with E-state index in [1.807, 2.05) is 72.4 Å². The van der Waals surface area contributed by atoms with Gasteiger partial charge >= 0.3 is 0 Å². The summed E-state index contributed by atoms with van der Waals surface area (Å²) in [6, 6.07) is 17.8. The third-order valence-corrected chi connectivity index (χ3v) is 4.42. The first-order valence-electron chi connectivity index (χ1n) is 9.87. The molecule has 1 aliphatic rings. The maximum atomic E-state index is 5.77. The molecule has 0 radical (unpaired) electrons. The monoisotopic (exact) mass is 391 g/mol. The molecule has 150 valence electrons. The van der Waals surface area contributed by atoms with Crippen LogP contribution in [0.3, 0.4) is 0 Å². The molecule has 7 nitrogen and oxygen atoms in total. The summed E-state index contributed by atoms with van der Waals surface area (Å²) in [5.41, 5.74) is 2.81. The van der Waals surface area contributed by atoms with E-state index in [-0.39, 0.29) is 0 Å². The van der Waals surface area contributed by atoms with Crippen LogP contribution in [0.2, 0.25) is 0 Å². The Kier molecular flexibility index (Phi) is 5.95. The molecule has 2 aromatic carbocycles. The summed E-state index contributed by atoms with van der Waals surface area (Å²) in [6.45, 7) is 4.61. The SMILES string of the molecule is CCNC(=NCc1ccn(-c2ccccc2)n1)Nc1ccc2c(c1)OCCCO2. The van der Waals surface area contributed by atoms with Crippen LogP contribution in [0.15, 0.2) is 65.8 Å². The molecular weight excluding hydrogens is 366 g/mol. The van der Waals surface area contributed by atoms with Gasteiger partial charge in [0, 0.05) is 30.9 Å². The zero-order chi connectivity index (χ0) is 19.9. The fourth-order valence-electron chi connectivity index (χ4n) is 3.02. The lowest BCUT2D eigenvalue weighted by molar-refractivity contribution is 0.297. The van der Waals surface area contributed by atoms with Gasteiger partial charge in [-0.1, -0.05) is 18.2 Å². The van der Waals surface area contributed by atoms with E-state index >= 15 is 0 Å². The second-order valence-electron chi connectivity index (χ2n) is 6.62. The molecule has 7 heteroatoms. The topological polar surface area (TPSA) is 72.7 Å². The van der Waals surface area contributed by atoms with Crippen molar-refractivity contribution in [1.29, 1.82) is 0 Å². The van der Waals surface area contributed by atoms with Gasteiger partial charge in [-0.05, 0) is 37.3 Å². The van der Waals surface area contributed by atoms with Crippen LogP contribution in [0, 0.1) is 0 Å². The molecule has 29 heavy (non-hydrogen) atoms. The lowest BCUT2D eigenvalue weighted by Crippen LogP contribution is -2.30. The van der Waals surface area contributed by atoms with Crippen molar-refractivity contribution in [2.24, 2.45) is 4.99 Å². The van der Waals surface area contributed by atoms with Crippen LogP contribution in [0.25, 0.3) is 5.69 Å². The van der Waals surface area contributed by atoms with Crippen LogP contribution in [-0.2, 0) is 6.54 Å². The van der Waals surface area contributed by atoms with E-state index in [2.05, 4.69) is 20.7 Å². The van der Waals surface area contributed by atoms with Gasteiger partial charge < -0.3 is 20.1 Å². The van der Waals surface area contributed by atoms with Crippen molar-refractivity contribution >= 4 is 11.6 Å². The lowest BCUT2D eigenvalue weighted by atomic mass is 10.3. The molecule has 2 heterocycles. The second-order valence-corrected chi connectivity index (χ2v) is 6.62. The number of anilines is 1. The first-order valence-corrected chi connectivity index (χ1v) is 9.87. The number of hydrogen-bond donors (Lipinski definition) is 2. The minimum absolute atomic E-state index is 0.472. The number of aromatic nitrogens is 2. The number of nitrogens with one attached hydrogen (secondary N) is 2. The Morgan fingerprint density at radius 3 is 2.72 bits per heavy atom. The Morgan fingerprint density at radius 2 is 1.90 bits per heavy atom. The molecule has 3 aromatic rings. The number of aliphatic imine (C=N–C) groups is 1. The second kappa shape index (κ2) is 9.14. The molecule has 0 bridgehead atoms. The molecule has 4 rings (SSSR count). The minimum Gasteiger partial charge on any atom is -0.490 e. The van der Waals surface area contributed by atoms with Gasteiger partial charge in [0.1, 0.15) is 0 Å². The largest absolute Gasteiger partial charge is 0.490 e. The third-order valence-electron chi connectivity index (χ3n) is 4.42. The van der Waals surface area contributed by atoms with Gasteiger partial charge in [0.05, 0.1) is 31.1 Å². The van der Waals surface area contributed by atoms with Crippen LogP contribution >= 0.6 is 0 Å². The van der Waals surface area contributed by atoms with E-state index in [0.29, 0.717) is 25.7 Å². The van der Waals surface area contributed by atoms with E-state index in [4.69, 9.17) is 9.47 Å². The smallest absolute Gasteiger partial charge is 0.196 e. The van der Waals surface area contributed by atoms with Gasteiger partial charge in [0.15, 0.2) is 17.5 Å². The van der Waals surface area contributed by atoms with Crippen LogP contribution in [0.5, 0.6) is 11.5 Å². The highest BCUT2D eigenvalue weighted by atomic mass is 16.5. The molecular formula is C22H25N5O2. The maximum Gasteiger partial charge on any atom is 0.196 e. The maximum absolute atomic E-state index is 5.77. The summed E-state index contributed by atoms with van der Waals surface area (Å²) in [6.07, 6.45) is 2.83. The van der Waals surface area contributed by atoms with Crippen LogP contribution in [0.1, 0.15) is 19.0 Å². The summed E-state index contributed by atoms with van der Waals surface area (Å²) >= 11 is 0. The van der Waals surface area contributed by atoms with Gasteiger partial charge in [-0.3, -0.25) is 0 Å². The number of para-hydroxylation sites is 1. The quantitative estimate of drug-likeness (QED) is 0.513. The normalized spacial score (nSPS) is 13.6. The highest BCUT2D eigenvalue weighted by Crippen LogP contribution is 2.32. The molecule has 0 spiro atoms. The number of rotatable bonds is 5. The number of hydrogen-bond acceptors (Lipinski definition) is 4. The van der Waals surface area contributed by atoms with Gasteiger partial charge in [0.25, 0.3) is 0 Å². The number of ether oxygens (including phenoxy) is 2. The fourth-order valence-corrected chi connectivity index (χ4v) is 3.02. The molecule has 0 unspecified atom stereocenters. The standard InChI is InChI=1S/C22H25N5O2/c1-2-23-22(25-17-9-10-20-21(15-17)29-14-6-13-28-20)24-16-18-11-12-27(26-18)19-7-4-3-5-8-19/h3-5,7-12,15H,2,6,13-14,16H2,1H3,(H2,23,24,25). The Balaban J connectivity index is 1.46. The predicted molar refractivity (Wildman–Crippen MR) is 114 cm³/mol. The highest BCUT2D eigenvalue weighted by molar-refractivity contribution is 5.93. The number of guanidine groups is 1. The zero-order valence-corrected chi connectivity index (χ0v) is 16.5. The van der Waals surface area contributed by atoms with Gasteiger partial charge in [-0.2, -0.15) is 5.10 Å². The van der Waals surface area contributed by atoms with Crippen LogP contribution < -0.4 is 20.1 Å². The Morgan fingerprint density at radius 1 is 1.07 bits per heavy atom. The lowest BCUT2D eigenvalue weighted by Gasteiger charge is -2.13. The number of nitrogens with zero attached hydrogens (tertiary/aromatic N) is 3. The van der Waals surface area contributed by atoms with E-state index < -0.39 is 0 Å². The highest BCUT2D eigenvalue weighted by Gasteiger charge is 2.11. The average Bonchev–Trinajstić information content (AvgIpc) is 3.11. The summed E-state index contributed by atoms with van der Waals surface area (Å²) in [5, 5.41) is 11.2. The van der Waals surface area contributed by atoms with E-state index in [9.17, 15) is 0 Å². The Hall–Kier alpha value is -3.48.